The molecule has 0 unspecified atom stereocenters. The van der Waals surface area contributed by atoms with Crippen LogP contribution in [-0.4, -0.2) is 17.0 Å². The second kappa shape index (κ2) is 5.24. The molecule has 0 radical (unpaired) electrons. The lowest BCUT2D eigenvalue weighted by atomic mass is 9.97. The summed E-state index contributed by atoms with van der Waals surface area (Å²) in [6.45, 7) is 0.497. The maximum absolute atomic E-state index is 11.0. The smallest absolute Gasteiger partial charge is 0.292 e. The summed E-state index contributed by atoms with van der Waals surface area (Å²) in [5.74, 6) is 0. The Morgan fingerprint density at radius 1 is 1.44 bits per heavy atom. The van der Waals surface area contributed by atoms with Gasteiger partial charge >= 0.3 is 0 Å². The first-order chi connectivity index (χ1) is 8.56. The molecule has 6 heteroatoms. The highest BCUT2D eigenvalue weighted by molar-refractivity contribution is 9.10. The lowest BCUT2D eigenvalue weighted by Gasteiger charge is -2.29. The van der Waals surface area contributed by atoms with Crippen molar-refractivity contribution < 1.29 is 4.92 Å². The molecule has 1 aliphatic rings. The van der Waals surface area contributed by atoms with Gasteiger partial charge in [0.15, 0.2) is 0 Å². The Kier molecular flexibility index (Phi) is 3.87. The predicted molar refractivity (Wildman–Crippen MR) is 74.7 cm³/mol. The molecule has 18 heavy (non-hydrogen) atoms. The SMILES string of the molecule is NCC1(Nc2cc(Br)ccc2[N+](=O)[O-])CCCC1. The van der Waals surface area contributed by atoms with Crippen LogP contribution < -0.4 is 11.1 Å². The first kappa shape index (κ1) is 13.3. The van der Waals surface area contributed by atoms with Gasteiger partial charge in [0.1, 0.15) is 5.69 Å². The zero-order chi connectivity index (χ0) is 13.2. The van der Waals surface area contributed by atoms with E-state index in [2.05, 4.69) is 21.2 Å². The van der Waals surface area contributed by atoms with E-state index in [1.54, 1.807) is 12.1 Å². The number of hydrogen-bond donors (Lipinski definition) is 2. The number of nitrogens with one attached hydrogen (secondary N) is 1. The van der Waals surface area contributed by atoms with E-state index in [1.165, 1.54) is 6.07 Å². The van der Waals surface area contributed by atoms with Crippen molar-refractivity contribution in [2.75, 3.05) is 11.9 Å². The number of halogens is 1. The van der Waals surface area contributed by atoms with Crippen molar-refractivity contribution in [2.24, 2.45) is 5.73 Å². The van der Waals surface area contributed by atoms with Crippen molar-refractivity contribution >= 4 is 27.3 Å². The second-order valence-corrected chi connectivity index (χ2v) is 5.65. The molecular weight excluding hydrogens is 298 g/mol. The normalized spacial score (nSPS) is 17.7. The third-order valence-electron chi connectivity index (χ3n) is 3.51. The van der Waals surface area contributed by atoms with Gasteiger partial charge in [-0.25, -0.2) is 0 Å². The largest absolute Gasteiger partial charge is 0.373 e. The van der Waals surface area contributed by atoms with Gasteiger partial charge in [0.25, 0.3) is 5.69 Å². The fraction of sp³-hybridized carbons (Fsp3) is 0.500. The van der Waals surface area contributed by atoms with Crippen LogP contribution >= 0.6 is 15.9 Å². The predicted octanol–water partition coefficient (Wildman–Crippen LogP) is 3.04. The third-order valence-corrected chi connectivity index (χ3v) is 4.00. The zero-order valence-corrected chi connectivity index (χ0v) is 11.6. The molecule has 0 bridgehead atoms. The molecule has 0 saturated heterocycles. The number of nitro groups is 1. The highest BCUT2D eigenvalue weighted by Crippen LogP contribution is 2.36. The van der Waals surface area contributed by atoms with Crippen LogP contribution in [0.3, 0.4) is 0 Å². The first-order valence-corrected chi connectivity index (χ1v) is 6.78. The van der Waals surface area contributed by atoms with Crippen LogP contribution in [0.25, 0.3) is 0 Å². The van der Waals surface area contributed by atoms with E-state index in [4.69, 9.17) is 5.73 Å². The number of nitro benzene ring substituents is 1. The molecule has 0 aromatic heterocycles. The standard InChI is InChI=1S/C12H16BrN3O2/c13-9-3-4-11(16(17)18)10(7-9)15-12(8-14)5-1-2-6-12/h3-4,7,15H,1-2,5-6,8,14H2. The van der Waals surface area contributed by atoms with Gasteiger partial charge in [0.05, 0.1) is 4.92 Å². The average molecular weight is 314 g/mol. The van der Waals surface area contributed by atoms with Crippen molar-refractivity contribution in [1.29, 1.82) is 0 Å². The van der Waals surface area contributed by atoms with Gasteiger partial charge in [-0.05, 0) is 25.0 Å². The maximum Gasteiger partial charge on any atom is 0.292 e. The zero-order valence-electron chi connectivity index (χ0n) is 9.99. The van der Waals surface area contributed by atoms with E-state index in [0.717, 1.165) is 30.2 Å². The summed E-state index contributed by atoms with van der Waals surface area (Å²) in [4.78, 5) is 10.7. The Morgan fingerprint density at radius 2 is 2.11 bits per heavy atom. The van der Waals surface area contributed by atoms with Crippen molar-refractivity contribution in [1.82, 2.24) is 0 Å². The maximum atomic E-state index is 11.0. The second-order valence-electron chi connectivity index (χ2n) is 4.74. The van der Waals surface area contributed by atoms with Crippen LogP contribution in [0, 0.1) is 10.1 Å². The minimum absolute atomic E-state index is 0.0953. The fourth-order valence-electron chi connectivity index (χ4n) is 2.49. The van der Waals surface area contributed by atoms with Gasteiger partial charge < -0.3 is 11.1 Å². The van der Waals surface area contributed by atoms with E-state index in [0.29, 0.717) is 12.2 Å². The molecule has 0 atom stereocenters. The van der Waals surface area contributed by atoms with Crippen LogP contribution in [0.5, 0.6) is 0 Å². The highest BCUT2D eigenvalue weighted by atomic mass is 79.9. The summed E-state index contributed by atoms with van der Waals surface area (Å²) >= 11 is 3.34. The molecule has 5 nitrogen and oxygen atoms in total. The molecular formula is C12H16BrN3O2. The molecule has 1 aliphatic carbocycles. The summed E-state index contributed by atoms with van der Waals surface area (Å²) in [7, 11) is 0. The van der Waals surface area contributed by atoms with E-state index >= 15 is 0 Å². The van der Waals surface area contributed by atoms with Crippen LogP contribution in [0.1, 0.15) is 25.7 Å². The molecule has 1 fully saturated rings. The van der Waals surface area contributed by atoms with Gasteiger partial charge in [-0.2, -0.15) is 0 Å². The van der Waals surface area contributed by atoms with Crippen LogP contribution in [0.4, 0.5) is 11.4 Å². The van der Waals surface area contributed by atoms with E-state index < -0.39 is 0 Å². The number of benzene rings is 1. The van der Waals surface area contributed by atoms with Crippen molar-refractivity contribution in [3.05, 3.63) is 32.8 Å². The Hall–Kier alpha value is -1.14. The number of anilines is 1. The summed E-state index contributed by atoms with van der Waals surface area (Å²) in [5.41, 5.74) is 6.29. The minimum Gasteiger partial charge on any atom is -0.373 e. The topological polar surface area (TPSA) is 81.2 Å². The van der Waals surface area contributed by atoms with Gasteiger partial charge in [-0.15, -0.1) is 0 Å². The summed E-state index contributed by atoms with van der Waals surface area (Å²) in [6, 6.07) is 4.92. The highest BCUT2D eigenvalue weighted by Gasteiger charge is 2.33. The average Bonchev–Trinajstić information content (AvgIpc) is 2.78. The monoisotopic (exact) mass is 313 g/mol. The molecule has 0 amide bonds. The van der Waals surface area contributed by atoms with Crippen LogP contribution in [-0.2, 0) is 0 Å². The lowest BCUT2D eigenvalue weighted by Crippen LogP contribution is -2.42. The Bertz CT molecular complexity index is 459. The molecule has 0 spiro atoms. The van der Waals surface area contributed by atoms with Crippen LogP contribution in [0.2, 0.25) is 0 Å². The lowest BCUT2D eigenvalue weighted by molar-refractivity contribution is -0.384. The van der Waals surface area contributed by atoms with E-state index in [1.807, 2.05) is 0 Å². The molecule has 3 N–H and O–H groups in total. The molecule has 2 rings (SSSR count). The Labute approximate surface area is 114 Å². The summed E-state index contributed by atoms with van der Waals surface area (Å²) < 4.78 is 0.820. The fourth-order valence-corrected chi connectivity index (χ4v) is 2.85. The number of nitrogens with zero attached hydrogens (tertiary/aromatic N) is 1. The van der Waals surface area contributed by atoms with Gasteiger partial charge in [0, 0.05) is 22.6 Å². The molecule has 0 aliphatic heterocycles. The Morgan fingerprint density at radius 3 is 2.67 bits per heavy atom. The minimum atomic E-state index is -0.367. The first-order valence-electron chi connectivity index (χ1n) is 5.98. The summed E-state index contributed by atoms with van der Waals surface area (Å²) in [6.07, 6.45) is 4.17. The van der Waals surface area contributed by atoms with Gasteiger partial charge in [-0.1, -0.05) is 28.8 Å². The quantitative estimate of drug-likeness (QED) is 0.661. The van der Waals surface area contributed by atoms with Gasteiger partial charge in [-0.3, -0.25) is 10.1 Å². The molecule has 1 saturated carbocycles. The van der Waals surface area contributed by atoms with Crippen molar-refractivity contribution in [2.45, 2.75) is 31.2 Å². The molecule has 0 heterocycles. The van der Waals surface area contributed by atoms with Crippen LogP contribution in [0.15, 0.2) is 22.7 Å². The van der Waals surface area contributed by atoms with Gasteiger partial charge in [0.2, 0.25) is 0 Å². The summed E-state index contributed by atoms with van der Waals surface area (Å²) in [5, 5.41) is 14.3. The van der Waals surface area contributed by atoms with E-state index in [-0.39, 0.29) is 16.1 Å². The molecule has 1 aromatic carbocycles. The Balaban J connectivity index is 2.32. The number of rotatable bonds is 4. The van der Waals surface area contributed by atoms with Crippen molar-refractivity contribution in [3.63, 3.8) is 0 Å². The van der Waals surface area contributed by atoms with Crippen molar-refractivity contribution in [3.8, 4) is 0 Å². The molecule has 1 aromatic rings. The number of hydrogen-bond acceptors (Lipinski definition) is 4. The number of nitrogens with two attached hydrogens (primary N) is 1. The van der Waals surface area contributed by atoms with E-state index in [9.17, 15) is 10.1 Å². The third kappa shape index (κ3) is 2.64. The molecule has 98 valence electrons.